The van der Waals surface area contributed by atoms with Crippen molar-refractivity contribution >= 4 is 5.97 Å². The molecule has 5 heteroatoms. The third kappa shape index (κ3) is 5.06. The van der Waals surface area contributed by atoms with E-state index in [1.54, 1.807) is 24.3 Å². The monoisotopic (exact) mass is 302 g/mol. The first-order valence-electron chi connectivity index (χ1n) is 7.07. The highest BCUT2D eigenvalue weighted by atomic mass is 19.4. The highest BCUT2D eigenvalue weighted by molar-refractivity contribution is 5.78. The molecule has 0 aliphatic heterocycles. The quantitative estimate of drug-likeness (QED) is 0.566. The zero-order chi connectivity index (χ0) is 16.0. The molecule has 0 bridgehead atoms. The summed E-state index contributed by atoms with van der Waals surface area (Å²) in [6.45, 7) is 4.93. The largest absolute Gasteiger partial charge is 0.465 e. The van der Waals surface area contributed by atoms with E-state index in [-0.39, 0.29) is 6.61 Å². The molecule has 0 aliphatic carbocycles. The van der Waals surface area contributed by atoms with Gasteiger partial charge in [-0.15, -0.1) is 0 Å². The molecule has 1 rings (SSSR count). The summed E-state index contributed by atoms with van der Waals surface area (Å²) >= 11 is 0. The van der Waals surface area contributed by atoms with Crippen molar-refractivity contribution in [1.29, 1.82) is 0 Å². The van der Waals surface area contributed by atoms with Crippen LogP contribution in [0.25, 0.3) is 0 Å². The molecule has 2 atom stereocenters. The van der Waals surface area contributed by atoms with Crippen molar-refractivity contribution in [3.63, 3.8) is 0 Å². The Hall–Kier alpha value is -1.52. The Labute approximate surface area is 123 Å². The summed E-state index contributed by atoms with van der Waals surface area (Å²) in [5.74, 6) is -3.91. The van der Waals surface area contributed by atoms with E-state index >= 15 is 0 Å². The van der Waals surface area contributed by atoms with E-state index in [0.29, 0.717) is 12.0 Å². The number of rotatable bonds is 6. The molecule has 118 valence electrons. The van der Waals surface area contributed by atoms with Crippen molar-refractivity contribution in [3.05, 3.63) is 35.4 Å². The molecule has 0 radical (unpaired) electrons. The van der Waals surface area contributed by atoms with Crippen LogP contribution in [0.4, 0.5) is 13.2 Å². The number of unbranched alkanes of at least 4 members (excludes halogenated alkanes) is 1. The maximum absolute atomic E-state index is 13.0. The van der Waals surface area contributed by atoms with Crippen LogP contribution in [0.2, 0.25) is 0 Å². The van der Waals surface area contributed by atoms with Gasteiger partial charge in [0.25, 0.3) is 0 Å². The molecular weight excluding hydrogens is 281 g/mol. The molecule has 2 unspecified atom stereocenters. The van der Waals surface area contributed by atoms with E-state index in [2.05, 4.69) is 0 Å². The topological polar surface area (TPSA) is 26.3 Å². The van der Waals surface area contributed by atoms with E-state index in [0.717, 1.165) is 18.9 Å². The second-order valence-corrected chi connectivity index (χ2v) is 5.24. The SMILES string of the molecule is CCCCOC(=O)C(c1ccc(C)cc1)C(C)C(F)(F)F. The minimum atomic E-state index is -4.45. The van der Waals surface area contributed by atoms with Crippen molar-refractivity contribution in [2.24, 2.45) is 5.92 Å². The Bertz CT molecular complexity index is 452. The summed E-state index contributed by atoms with van der Waals surface area (Å²) < 4.78 is 44.0. The molecule has 0 heterocycles. The van der Waals surface area contributed by atoms with Gasteiger partial charge < -0.3 is 4.74 Å². The van der Waals surface area contributed by atoms with Gasteiger partial charge in [-0.05, 0) is 18.9 Å². The van der Waals surface area contributed by atoms with Crippen LogP contribution in [0.15, 0.2) is 24.3 Å². The molecule has 0 aromatic heterocycles. The number of benzene rings is 1. The average Bonchev–Trinajstić information content (AvgIpc) is 2.40. The Morgan fingerprint density at radius 1 is 1.24 bits per heavy atom. The van der Waals surface area contributed by atoms with Crippen molar-refractivity contribution in [2.75, 3.05) is 6.61 Å². The molecule has 0 saturated heterocycles. The van der Waals surface area contributed by atoms with Gasteiger partial charge in [0.1, 0.15) is 0 Å². The lowest BCUT2D eigenvalue weighted by Gasteiger charge is -2.25. The summed E-state index contributed by atoms with van der Waals surface area (Å²) in [5.41, 5.74) is 1.27. The predicted molar refractivity (Wildman–Crippen MR) is 75.0 cm³/mol. The highest BCUT2D eigenvalue weighted by Gasteiger charge is 2.45. The molecule has 0 amide bonds. The fraction of sp³-hybridized carbons (Fsp3) is 0.562. The molecule has 21 heavy (non-hydrogen) atoms. The second-order valence-electron chi connectivity index (χ2n) is 5.24. The van der Waals surface area contributed by atoms with Crippen LogP contribution in [0.3, 0.4) is 0 Å². The van der Waals surface area contributed by atoms with Crippen LogP contribution in [0.5, 0.6) is 0 Å². The Kier molecular flexibility index (Phi) is 6.24. The lowest BCUT2D eigenvalue weighted by Crippen LogP contribution is -2.32. The van der Waals surface area contributed by atoms with Crippen LogP contribution in [-0.2, 0) is 9.53 Å². The fourth-order valence-corrected chi connectivity index (χ4v) is 2.00. The van der Waals surface area contributed by atoms with Crippen molar-refractivity contribution < 1.29 is 22.7 Å². The lowest BCUT2D eigenvalue weighted by molar-refractivity contribution is -0.185. The first-order valence-corrected chi connectivity index (χ1v) is 7.07. The van der Waals surface area contributed by atoms with Gasteiger partial charge in [0.2, 0.25) is 0 Å². The fourth-order valence-electron chi connectivity index (χ4n) is 2.00. The smallest absolute Gasteiger partial charge is 0.392 e. The van der Waals surface area contributed by atoms with Crippen LogP contribution in [0, 0.1) is 12.8 Å². The van der Waals surface area contributed by atoms with E-state index in [9.17, 15) is 18.0 Å². The van der Waals surface area contributed by atoms with Crippen LogP contribution >= 0.6 is 0 Å². The maximum atomic E-state index is 13.0. The molecule has 0 fully saturated rings. The number of hydrogen-bond donors (Lipinski definition) is 0. The lowest BCUT2D eigenvalue weighted by atomic mass is 9.86. The Morgan fingerprint density at radius 3 is 2.29 bits per heavy atom. The van der Waals surface area contributed by atoms with E-state index in [1.165, 1.54) is 0 Å². The normalized spacial score (nSPS) is 14.6. The maximum Gasteiger partial charge on any atom is 0.392 e. The van der Waals surface area contributed by atoms with E-state index in [1.807, 2.05) is 13.8 Å². The van der Waals surface area contributed by atoms with E-state index in [4.69, 9.17) is 4.74 Å². The number of esters is 1. The summed E-state index contributed by atoms with van der Waals surface area (Å²) in [7, 11) is 0. The zero-order valence-corrected chi connectivity index (χ0v) is 12.5. The summed E-state index contributed by atoms with van der Waals surface area (Å²) in [5, 5.41) is 0. The van der Waals surface area contributed by atoms with Gasteiger partial charge in [-0.2, -0.15) is 13.2 Å². The van der Waals surface area contributed by atoms with Crippen LogP contribution in [-0.4, -0.2) is 18.8 Å². The number of alkyl halides is 3. The molecule has 0 N–H and O–H groups in total. The molecule has 1 aromatic carbocycles. The average molecular weight is 302 g/mol. The Morgan fingerprint density at radius 2 is 1.81 bits per heavy atom. The third-order valence-electron chi connectivity index (χ3n) is 3.45. The first-order chi connectivity index (χ1) is 9.77. The zero-order valence-electron chi connectivity index (χ0n) is 12.5. The van der Waals surface area contributed by atoms with Crippen molar-refractivity contribution in [2.45, 2.75) is 45.7 Å². The van der Waals surface area contributed by atoms with E-state index < -0.39 is 24.0 Å². The number of carbonyl (C=O) groups excluding carboxylic acids is 1. The molecular formula is C16H21F3O2. The highest BCUT2D eigenvalue weighted by Crippen LogP contribution is 2.38. The van der Waals surface area contributed by atoms with Gasteiger partial charge in [-0.25, -0.2) is 0 Å². The minimum Gasteiger partial charge on any atom is -0.465 e. The number of carbonyl (C=O) groups is 1. The van der Waals surface area contributed by atoms with Crippen LogP contribution < -0.4 is 0 Å². The molecule has 1 aromatic rings. The molecule has 0 saturated carbocycles. The van der Waals surface area contributed by atoms with Crippen molar-refractivity contribution in [3.8, 4) is 0 Å². The van der Waals surface area contributed by atoms with Gasteiger partial charge >= 0.3 is 12.1 Å². The summed E-state index contributed by atoms with van der Waals surface area (Å²) in [6, 6.07) is 6.52. The Balaban J connectivity index is 2.99. The number of aryl methyl sites for hydroxylation is 1. The van der Waals surface area contributed by atoms with Gasteiger partial charge in [0, 0.05) is 0 Å². The third-order valence-corrected chi connectivity index (χ3v) is 3.45. The van der Waals surface area contributed by atoms with Gasteiger partial charge in [-0.3, -0.25) is 4.79 Å². The number of halogens is 3. The molecule has 0 aliphatic rings. The second kappa shape index (κ2) is 7.48. The first kappa shape index (κ1) is 17.5. The standard InChI is InChI=1S/C16H21F3O2/c1-4-5-10-21-15(20)14(12(3)16(17,18)19)13-8-6-11(2)7-9-13/h6-9,12,14H,4-5,10H2,1-3H3. The summed E-state index contributed by atoms with van der Waals surface area (Å²) in [4.78, 5) is 12.1. The minimum absolute atomic E-state index is 0.155. The molecule has 2 nitrogen and oxygen atoms in total. The van der Waals surface area contributed by atoms with Crippen LogP contribution in [0.1, 0.15) is 43.7 Å². The van der Waals surface area contributed by atoms with Gasteiger partial charge in [0.05, 0.1) is 18.4 Å². The molecule has 0 spiro atoms. The van der Waals surface area contributed by atoms with Gasteiger partial charge in [0.15, 0.2) is 0 Å². The predicted octanol–water partition coefficient (Wildman–Crippen LogP) is 4.62. The summed E-state index contributed by atoms with van der Waals surface area (Å²) in [6.07, 6.45) is -2.98. The number of hydrogen-bond acceptors (Lipinski definition) is 2. The van der Waals surface area contributed by atoms with Gasteiger partial charge in [-0.1, -0.05) is 50.1 Å². The number of ether oxygens (including phenoxy) is 1. The van der Waals surface area contributed by atoms with Crippen molar-refractivity contribution in [1.82, 2.24) is 0 Å².